The predicted octanol–water partition coefficient (Wildman–Crippen LogP) is 2.69. The first-order chi connectivity index (χ1) is 11.9. The molecule has 0 aliphatic rings. The smallest absolute Gasteiger partial charge is 0.326 e. The Morgan fingerprint density at radius 3 is 2.60 bits per heavy atom. The van der Waals surface area contributed by atoms with Crippen LogP contribution in [0.15, 0.2) is 42.9 Å². The maximum atomic E-state index is 11.7. The molecule has 3 rings (SSSR count). The number of hydrogen-bond donors (Lipinski definition) is 2. The number of fused-ring (bicyclic) bond motifs is 1. The fourth-order valence-electron chi connectivity index (χ4n) is 2.66. The fraction of sp³-hybridized carbons (Fsp3) is 0.333. The number of carbonyl (C=O) groups is 1. The van der Waals surface area contributed by atoms with Crippen molar-refractivity contribution in [3.8, 4) is 0 Å². The third-order valence-electron chi connectivity index (χ3n) is 3.89. The summed E-state index contributed by atoms with van der Waals surface area (Å²) < 4.78 is 1.81. The topological polar surface area (TPSA) is 92.9 Å². The van der Waals surface area contributed by atoms with Crippen LogP contribution in [-0.4, -0.2) is 36.9 Å². The van der Waals surface area contributed by atoms with Gasteiger partial charge in [-0.05, 0) is 26.3 Å². The van der Waals surface area contributed by atoms with E-state index in [1.54, 1.807) is 6.20 Å². The SMILES string of the molecule is CC(C)(C)n1ncc2c(N[C@H](Cc3ccccc3)C(=O)O)ncnc21. The molecule has 0 aliphatic carbocycles. The zero-order valence-corrected chi connectivity index (χ0v) is 14.5. The highest BCUT2D eigenvalue weighted by molar-refractivity contribution is 5.88. The molecular weight excluding hydrogens is 318 g/mol. The van der Waals surface area contributed by atoms with Gasteiger partial charge in [-0.1, -0.05) is 30.3 Å². The zero-order chi connectivity index (χ0) is 18.0. The van der Waals surface area contributed by atoms with Gasteiger partial charge >= 0.3 is 5.97 Å². The van der Waals surface area contributed by atoms with Crippen molar-refractivity contribution in [2.45, 2.75) is 38.8 Å². The van der Waals surface area contributed by atoms with Crippen LogP contribution in [0.1, 0.15) is 26.3 Å². The molecule has 0 bridgehead atoms. The second-order valence-corrected chi connectivity index (χ2v) is 6.91. The highest BCUT2D eigenvalue weighted by Crippen LogP contribution is 2.24. The standard InChI is InChI=1S/C18H21N5O2/c1-18(2,3)23-16-13(10-21-23)15(19-11-20-16)22-14(17(24)25)9-12-7-5-4-6-8-12/h4-8,10-11,14H,9H2,1-3H3,(H,24,25)(H,19,20,22)/t14-/m1/s1. The first kappa shape index (κ1) is 16.9. The Bertz CT molecular complexity index is 883. The lowest BCUT2D eigenvalue weighted by Crippen LogP contribution is -2.32. The molecule has 7 nitrogen and oxygen atoms in total. The summed E-state index contributed by atoms with van der Waals surface area (Å²) in [6.07, 6.45) is 3.45. The van der Waals surface area contributed by atoms with Crippen LogP contribution in [0.2, 0.25) is 0 Å². The van der Waals surface area contributed by atoms with Crippen molar-refractivity contribution in [2.24, 2.45) is 0 Å². The number of aliphatic carboxylic acids is 1. The summed E-state index contributed by atoms with van der Waals surface area (Å²) in [6.45, 7) is 6.10. The monoisotopic (exact) mass is 339 g/mol. The summed E-state index contributed by atoms with van der Waals surface area (Å²) in [5.41, 5.74) is 1.39. The van der Waals surface area contributed by atoms with Gasteiger partial charge in [0.25, 0.3) is 0 Å². The van der Waals surface area contributed by atoms with Crippen molar-refractivity contribution in [3.63, 3.8) is 0 Å². The zero-order valence-electron chi connectivity index (χ0n) is 14.5. The van der Waals surface area contributed by atoms with E-state index in [-0.39, 0.29) is 5.54 Å². The summed E-state index contributed by atoms with van der Waals surface area (Å²) in [5, 5.41) is 17.7. The van der Waals surface area contributed by atoms with Gasteiger partial charge in [-0.2, -0.15) is 5.10 Å². The van der Waals surface area contributed by atoms with E-state index in [4.69, 9.17) is 0 Å². The molecule has 130 valence electrons. The second-order valence-electron chi connectivity index (χ2n) is 6.91. The number of carboxylic acid groups (broad SMARTS) is 1. The highest BCUT2D eigenvalue weighted by atomic mass is 16.4. The van der Waals surface area contributed by atoms with Crippen LogP contribution in [0, 0.1) is 0 Å². The third-order valence-corrected chi connectivity index (χ3v) is 3.89. The van der Waals surface area contributed by atoms with Gasteiger partial charge in [-0.15, -0.1) is 0 Å². The lowest BCUT2D eigenvalue weighted by Gasteiger charge is -2.20. The number of benzene rings is 1. The van der Waals surface area contributed by atoms with E-state index in [1.807, 2.05) is 55.8 Å². The molecule has 0 saturated carbocycles. The molecule has 7 heteroatoms. The van der Waals surface area contributed by atoms with Crippen LogP contribution in [-0.2, 0) is 16.8 Å². The van der Waals surface area contributed by atoms with Gasteiger partial charge in [0.1, 0.15) is 18.2 Å². The second kappa shape index (κ2) is 6.51. The van der Waals surface area contributed by atoms with Crippen molar-refractivity contribution in [1.82, 2.24) is 19.7 Å². The van der Waals surface area contributed by atoms with Crippen LogP contribution in [0.4, 0.5) is 5.82 Å². The van der Waals surface area contributed by atoms with Crippen LogP contribution in [0.5, 0.6) is 0 Å². The predicted molar refractivity (Wildman–Crippen MR) is 95.5 cm³/mol. The molecular formula is C18H21N5O2. The van der Waals surface area contributed by atoms with Crippen molar-refractivity contribution < 1.29 is 9.90 Å². The average molecular weight is 339 g/mol. The number of nitrogens with one attached hydrogen (secondary N) is 1. The Kier molecular flexibility index (Phi) is 4.39. The van der Waals surface area contributed by atoms with E-state index in [0.29, 0.717) is 23.3 Å². The number of hydrogen-bond acceptors (Lipinski definition) is 5. The van der Waals surface area contributed by atoms with E-state index >= 15 is 0 Å². The first-order valence-electron chi connectivity index (χ1n) is 8.09. The molecule has 0 unspecified atom stereocenters. The van der Waals surface area contributed by atoms with Gasteiger partial charge in [0.2, 0.25) is 0 Å². The summed E-state index contributed by atoms with van der Waals surface area (Å²) in [6, 6.07) is 8.71. The number of aromatic nitrogens is 4. The minimum Gasteiger partial charge on any atom is -0.480 e. The molecule has 0 saturated heterocycles. The van der Waals surface area contributed by atoms with E-state index in [2.05, 4.69) is 20.4 Å². The van der Waals surface area contributed by atoms with Crippen molar-refractivity contribution in [1.29, 1.82) is 0 Å². The van der Waals surface area contributed by atoms with Crippen LogP contribution >= 0.6 is 0 Å². The molecule has 0 aliphatic heterocycles. The summed E-state index contributed by atoms with van der Waals surface area (Å²) >= 11 is 0. The number of nitrogens with zero attached hydrogens (tertiary/aromatic N) is 4. The molecule has 2 N–H and O–H groups in total. The normalized spacial score (nSPS) is 12.9. The molecule has 2 aromatic heterocycles. The molecule has 1 aromatic carbocycles. The summed E-state index contributed by atoms with van der Waals surface area (Å²) in [7, 11) is 0. The van der Waals surface area contributed by atoms with Gasteiger partial charge < -0.3 is 10.4 Å². The maximum absolute atomic E-state index is 11.7. The summed E-state index contributed by atoms with van der Waals surface area (Å²) in [5.74, 6) is -0.456. The molecule has 0 amide bonds. The summed E-state index contributed by atoms with van der Waals surface area (Å²) in [4.78, 5) is 20.2. The quantitative estimate of drug-likeness (QED) is 0.742. The van der Waals surface area contributed by atoms with E-state index in [0.717, 1.165) is 5.56 Å². The fourth-order valence-corrected chi connectivity index (χ4v) is 2.66. The molecule has 3 aromatic rings. The first-order valence-corrected chi connectivity index (χ1v) is 8.09. The van der Waals surface area contributed by atoms with Gasteiger partial charge in [0.05, 0.1) is 17.1 Å². The lowest BCUT2D eigenvalue weighted by atomic mass is 10.1. The third kappa shape index (κ3) is 3.60. The average Bonchev–Trinajstić information content (AvgIpc) is 3.00. The lowest BCUT2D eigenvalue weighted by molar-refractivity contribution is -0.137. The molecule has 1 atom stereocenters. The Balaban J connectivity index is 1.93. The van der Waals surface area contributed by atoms with Gasteiger partial charge in [0, 0.05) is 6.42 Å². The van der Waals surface area contributed by atoms with E-state index < -0.39 is 12.0 Å². The Labute approximate surface area is 145 Å². The Hall–Kier alpha value is -2.96. The highest BCUT2D eigenvalue weighted by Gasteiger charge is 2.23. The van der Waals surface area contributed by atoms with Crippen molar-refractivity contribution >= 4 is 22.8 Å². The Morgan fingerprint density at radius 2 is 1.96 bits per heavy atom. The number of carboxylic acids is 1. The van der Waals surface area contributed by atoms with Crippen molar-refractivity contribution in [3.05, 3.63) is 48.4 Å². The van der Waals surface area contributed by atoms with E-state index in [1.165, 1.54) is 6.33 Å². The molecule has 0 fully saturated rings. The molecule has 0 spiro atoms. The molecule has 2 heterocycles. The minimum atomic E-state index is -0.932. The van der Waals surface area contributed by atoms with E-state index in [9.17, 15) is 9.90 Å². The largest absolute Gasteiger partial charge is 0.480 e. The van der Waals surface area contributed by atoms with Crippen LogP contribution in [0.25, 0.3) is 11.0 Å². The van der Waals surface area contributed by atoms with Gasteiger partial charge in [0.15, 0.2) is 5.65 Å². The van der Waals surface area contributed by atoms with Gasteiger partial charge in [-0.25, -0.2) is 19.4 Å². The number of anilines is 1. The van der Waals surface area contributed by atoms with Gasteiger partial charge in [-0.3, -0.25) is 0 Å². The molecule has 0 radical (unpaired) electrons. The molecule has 25 heavy (non-hydrogen) atoms. The minimum absolute atomic E-state index is 0.233. The Morgan fingerprint density at radius 1 is 1.24 bits per heavy atom. The van der Waals surface area contributed by atoms with Crippen LogP contribution < -0.4 is 5.32 Å². The number of rotatable bonds is 5. The maximum Gasteiger partial charge on any atom is 0.326 e. The van der Waals surface area contributed by atoms with Crippen LogP contribution in [0.3, 0.4) is 0 Å². The van der Waals surface area contributed by atoms with Crippen molar-refractivity contribution in [2.75, 3.05) is 5.32 Å².